The van der Waals surface area contributed by atoms with E-state index in [1.807, 2.05) is 0 Å². The maximum absolute atomic E-state index is 12.0. The van der Waals surface area contributed by atoms with Crippen LogP contribution in [0.15, 0.2) is 6.33 Å². The van der Waals surface area contributed by atoms with E-state index in [0.29, 0.717) is 0 Å². The van der Waals surface area contributed by atoms with Crippen molar-refractivity contribution in [2.75, 3.05) is 5.32 Å². The SMILES string of the molecule is CC(=O)Nc1nc(Cl)c2c(ncn2[C@@H]2O[C@H](C(=O)O)[C@@H](OC(C)=O)[C@H](OC(C)=O)[C@H]2OC(C)=O)n1. The van der Waals surface area contributed by atoms with Gasteiger partial charge in [0.15, 0.2) is 41.4 Å². The Bertz CT molecular complexity index is 1200. The first kappa shape index (κ1) is 25.8. The highest BCUT2D eigenvalue weighted by Gasteiger charge is 2.55. The number of nitrogens with zero attached hydrogens (tertiary/aromatic N) is 4. The average Bonchev–Trinajstić information content (AvgIpc) is 3.13. The van der Waals surface area contributed by atoms with Crippen LogP contribution in [0.25, 0.3) is 11.2 Å². The summed E-state index contributed by atoms with van der Waals surface area (Å²) in [5.74, 6) is -4.76. The van der Waals surface area contributed by atoms with Gasteiger partial charge in [-0.1, -0.05) is 11.6 Å². The molecule has 0 aliphatic carbocycles. The van der Waals surface area contributed by atoms with E-state index in [2.05, 4.69) is 20.3 Å². The zero-order valence-corrected chi connectivity index (χ0v) is 19.5. The molecule has 35 heavy (non-hydrogen) atoms. The van der Waals surface area contributed by atoms with E-state index < -0.39 is 60.4 Å². The van der Waals surface area contributed by atoms with Crippen LogP contribution < -0.4 is 5.32 Å². The molecule has 3 heterocycles. The number of hydrogen-bond donors (Lipinski definition) is 2. The molecule has 0 radical (unpaired) electrons. The maximum atomic E-state index is 12.0. The zero-order valence-electron chi connectivity index (χ0n) is 18.8. The molecule has 0 saturated carbocycles. The molecule has 0 spiro atoms. The van der Waals surface area contributed by atoms with E-state index in [4.69, 9.17) is 30.5 Å². The van der Waals surface area contributed by atoms with Crippen LogP contribution in [0, 0.1) is 0 Å². The Morgan fingerprint density at radius 3 is 2.09 bits per heavy atom. The lowest BCUT2D eigenvalue weighted by Crippen LogP contribution is -2.61. The second-order valence-electron chi connectivity index (χ2n) is 7.35. The number of halogens is 1. The third-order valence-corrected chi connectivity index (χ3v) is 4.87. The molecule has 16 heteroatoms. The molecule has 2 aromatic heterocycles. The van der Waals surface area contributed by atoms with Crippen LogP contribution in [0.5, 0.6) is 0 Å². The van der Waals surface area contributed by atoms with Crippen molar-refractivity contribution < 1.29 is 48.0 Å². The number of amides is 1. The molecular weight excluding hydrogens is 494 g/mol. The number of nitrogens with one attached hydrogen (secondary N) is 1. The first-order valence-corrected chi connectivity index (χ1v) is 10.3. The predicted molar refractivity (Wildman–Crippen MR) is 113 cm³/mol. The lowest BCUT2D eigenvalue weighted by atomic mass is 9.96. The minimum absolute atomic E-state index is 0.0167. The molecule has 3 rings (SSSR count). The molecule has 1 aliphatic heterocycles. The Morgan fingerprint density at radius 1 is 0.971 bits per heavy atom. The number of anilines is 1. The molecule has 1 amide bonds. The van der Waals surface area contributed by atoms with Gasteiger partial charge < -0.3 is 24.1 Å². The molecule has 0 bridgehead atoms. The quantitative estimate of drug-likeness (QED) is 0.302. The number of aliphatic carboxylic acids is 1. The van der Waals surface area contributed by atoms with Crippen LogP contribution in [0.2, 0.25) is 5.15 Å². The van der Waals surface area contributed by atoms with Crippen LogP contribution in [0.4, 0.5) is 5.95 Å². The van der Waals surface area contributed by atoms with E-state index >= 15 is 0 Å². The van der Waals surface area contributed by atoms with Gasteiger partial charge in [-0.3, -0.25) is 29.1 Å². The van der Waals surface area contributed by atoms with Gasteiger partial charge in [-0.05, 0) is 0 Å². The summed E-state index contributed by atoms with van der Waals surface area (Å²) in [6.45, 7) is 4.36. The number of fused-ring (bicyclic) bond motifs is 1. The number of carboxylic acids is 1. The third-order valence-electron chi connectivity index (χ3n) is 4.61. The van der Waals surface area contributed by atoms with Crippen LogP contribution in [0.1, 0.15) is 33.9 Å². The summed E-state index contributed by atoms with van der Waals surface area (Å²) in [7, 11) is 0. The van der Waals surface area contributed by atoms with Crippen molar-refractivity contribution in [2.45, 2.75) is 58.3 Å². The maximum Gasteiger partial charge on any atom is 0.337 e. The monoisotopic (exact) mass is 513 g/mol. The molecule has 2 aromatic rings. The van der Waals surface area contributed by atoms with Crippen LogP contribution in [0.3, 0.4) is 0 Å². The molecule has 0 unspecified atom stereocenters. The highest BCUT2D eigenvalue weighted by Crippen LogP contribution is 2.37. The smallest absolute Gasteiger partial charge is 0.337 e. The van der Waals surface area contributed by atoms with Gasteiger partial charge in [0.2, 0.25) is 11.9 Å². The summed E-state index contributed by atoms with van der Waals surface area (Å²) < 4.78 is 22.5. The van der Waals surface area contributed by atoms with Gasteiger partial charge in [0.05, 0.1) is 0 Å². The fourth-order valence-electron chi connectivity index (χ4n) is 3.52. The van der Waals surface area contributed by atoms with Gasteiger partial charge in [0.1, 0.15) is 11.8 Å². The third kappa shape index (κ3) is 5.63. The van der Waals surface area contributed by atoms with Crippen LogP contribution in [-0.4, -0.2) is 78.8 Å². The summed E-state index contributed by atoms with van der Waals surface area (Å²) >= 11 is 6.28. The Morgan fingerprint density at radius 2 is 1.54 bits per heavy atom. The number of carbonyl (C=O) groups excluding carboxylic acids is 4. The number of hydrogen-bond acceptors (Lipinski definition) is 12. The summed E-state index contributed by atoms with van der Waals surface area (Å²) in [6, 6.07) is 0. The second-order valence-corrected chi connectivity index (χ2v) is 7.71. The highest BCUT2D eigenvalue weighted by molar-refractivity contribution is 6.33. The number of aromatic nitrogens is 4. The summed E-state index contributed by atoms with van der Waals surface area (Å²) in [5, 5.41) is 11.9. The van der Waals surface area contributed by atoms with Gasteiger partial charge in [-0.15, -0.1) is 0 Å². The molecule has 1 fully saturated rings. The van der Waals surface area contributed by atoms with Gasteiger partial charge >= 0.3 is 23.9 Å². The van der Waals surface area contributed by atoms with Crippen molar-refractivity contribution in [1.29, 1.82) is 0 Å². The standard InChI is InChI=1S/C19H20ClN5O10/c1-6(26)22-19-23-15(20)10-16(24-19)21-5-25(10)17-13(34-9(4)29)11(32-7(2)27)12(33-8(3)28)14(35-17)18(30)31/h5,11-14,17H,1-4H3,(H,30,31)(H,22,23,24,26)/t11-,12-,13+,14-,17+/m0/s1. The van der Waals surface area contributed by atoms with Crippen molar-refractivity contribution >= 4 is 58.5 Å². The summed E-state index contributed by atoms with van der Waals surface area (Å²) in [6.07, 6.45) is -6.96. The summed E-state index contributed by atoms with van der Waals surface area (Å²) in [4.78, 5) is 70.9. The number of carbonyl (C=O) groups is 5. The topological polar surface area (TPSA) is 198 Å². The first-order chi connectivity index (χ1) is 16.4. The number of carboxylic acid groups (broad SMARTS) is 1. The minimum atomic E-state index is -1.85. The zero-order chi connectivity index (χ0) is 26.0. The molecule has 1 saturated heterocycles. The highest BCUT2D eigenvalue weighted by atomic mass is 35.5. The van der Waals surface area contributed by atoms with E-state index in [1.165, 1.54) is 11.5 Å². The van der Waals surface area contributed by atoms with Gasteiger partial charge in [0.25, 0.3) is 0 Å². The molecule has 0 aromatic carbocycles. The van der Waals surface area contributed by atoms with E-state index in [9.17, 15) is 29.1 Å². The number of esters is 3. The molecular formula is C19H20ClN5O10. The van der Waals surface area contributed by atoms with Crippen molar-refractivity contribution in [2.24, 2.45) is 0 Å². The minimum Gasteiger partial charge on any atom is -0.479 e. The number of ether oxygens (including phenoxy) is 4. The first-order valence-electron chi connectivity index (χ1n) is 9.96. The van der Waals surface area contributed by atoms with Gasteiger partial charge in [-0.25, -0.2) is 9.78 Å². The fourth-order valence-corrected chi connectivity index (χ4v) is 3.78. The number of rotatable bonds is 6. The molecule has 2 N–H and O–H groups in total. The Hall–Kier alpha value is -3.85. The van der Waals surface area contributed by atoms with E-state index in [1.54, 1.807) is 0 Å². The molecule has 5 atom stereocenters. The lowest BCUT2D eigenvalue weighted by molar-refractivity contribution is -0.262. The second kappa shape index (κ2) is 10.2. The Labute approximate surface area is 201 Å². The normalized spacial score (nSPS) is 23.9. The molecule has 15 nitrogen and oxygen atoms in total. The van der Waals surface area contributed by atoms with Crippen molar-refractivity contribution in [3.8, 4) is 0 Å². The van der Waals surface area contributed by atoms with Gasteiger partial charge in [0, 0.05) is 27.7 Å². The van der Waals surface area contributed by atoms with Crippen molar-refractivity contribution in [3.63, 3.8) is 0 Å². The van der Waals surface area contributed by atoms with Gasteiger partial charge in [-0.2, -0.15) is 9.97 Å². The van der Waals surface area contributed by atoms with Crippen molar-refractivity contribution in [3.05, 3.63) is 11.5 Å². The molecule has 1 aliphatic rings. The largest absolute Gasteiger partial charge is 0.479 e. The van der Waals surface area contributed by atoms with E-state index in [-0.39, 0.29) is 22.3 Å². The van der Waals surface area contributed by atoms with Crippen molar-refractivity contribution in [1.82, 2.24) is 19.5 Å². The lowest BCUT2D eigenvalue weighted by Gasteiger charge is -2.43. The Kier molecular flexibility index (Phi) is 7.50. The van der Waals surface area contributed by atoms with Crippen LogP contribution >= 0.6 is 11.6 Å². The average molecular weight is 514 g/mol. The summed E-state index contributed by atoms with van der Waals surface area (Å²) in [5.41, 5.74) is 0.0107. The van der Waals surface area contributed by atoms with Crippen LogP contribution in [-0.2, 0) is 42.9 Å². The number of imidazole rings is 1. The predicted octanol–water partition coefficient (Wildman–Crippen LogP) is 0.215. The fraction of sp³-hybridized carbons (Fsp3) is 0.474. The Balaban J connectivity index is 2.17. The molecule has 188 valence electrons. The van der Waals surface area contributed by atoms with E-state index in [0.717, 1.165) is 27.1 Å².